The highest BCUT2D eigenvalue weighted by atomic mass is 16.5. The van der Waals surface area contributed by atoms with E-state index in [0.29, 0.717) is 0 Å². The van der Waals surface area contributed by atoms with Crippen LogP contribution in [0.5, 0.6) is 5.75 Å². The van der Waals surface area contributed by atoms with Crippen LogP contribution < -0.4 is 4.74 Å². The number of H-pyrrole nitrogens is 1. The fourth-order valence-corrected chi connectivity index (χ4v) is 2.20. The second-order valence-electron chi connectivity index (χ2n) is 4.48. The normalized spacial score (nSPS) is 10.8. The molecule has 0 aliphatic heterocycles. The average molecular weight is 237 g/mol. The molecule has 3 rings (SSSR count). The first-order chi connectivity index (χ1) is 8.78. The molecule has 0 radical (unpaired) electrons. The number of benzene rings is 2. The van der Waals surface area contributed by atoms with Gasteiger partial charge in [-0.3, -0.25) is 0 Å². The highest BCUT2D eigenvalue weighted by Crippen LogP contribution is 2.31. The van der Waals surface area contributed by atoms with Crippen molar-refractivity contribution in [2.45, 2.75) is 6.92 Å². The third kappa shape index (κ3) is 1.76. The zero-order chi connectivity index (χ0) is 12.5. The summed E-state index contributed by atoms with van der Waals surface area (Å²) in [6.45, 7) is 2.10. The number of aromatic nitrogens is 1. The number of ether oxygens (including phenoxy) is 1. The van der Waals surface area contributed by atoms with Gasteiger partial charge in [-0.2, -0.15) is 0 Å². The lowest BCUT2D eigenvalue weighted by molar-refractivity contribution is 0.415. The van der Waals surface area contributed by atoms with E-state index in [-0.39, 0.29) is 0 Å². The molecule has 18 heavy (non-hydrogen) atoms. The molecule has 1 heterocycles. The maximum atomic E-state index is 5.29. The largest absolute Gasteiger partial charge is 0.497 e. The van der Waals surface area contributed by atoms with E-state index in [0.717, 1.165) is 11.3 Å². The fraction of sp³-hybridized carbons (Fsp3) is 0.125. The van der Waals surface area contributed by atoms with E-state index < -0.39 is 0 Å². The predicted molar refractivity (Wildman–Crippen MR) is 75.0 cm³/mol. The summed E-state index contributed by atoms with van der Waals surface area (Å²) in [5.74, 6) is 0.885. The number of hydrogen-bond acceptors (Lipinski definition) is 1. The molecule has 1 N–H and O–H groups in total. The number of hydrogen-bond donors (Lipinski definition) is 1. The Morgan fingerprint density at radius 3 is 2.50 bits per heavy atom. The summed E-state index contributed by atoms with van der Waals surface area (Å²) in [4.78, 5) is 3.30. The Morgan fingerprint density at radius 2 is 1.78 bits per heavy atom. The highest BCUT2D eigenvalue weighted by molar-refractivity contribution is 5.96. The third-order valence-corrected chi connectivity index (χ3v) is 3.25. The van der Waals surface area contributed by atoms with E-state index in [1.54, 1.807) is 7.11 Å². The van der Waals surface area contributed by atoms with Gasteiger partial charge in [0.05, 0.1) is 7.11 Å². The molecule has 1 aromatic heterocycles. The van der Waals surface area contributed by atoms with Crippen molar-refractivity contribution in [3.8, 4) is 16.9 Å². The van der Waals surface area contributed by atoms with Gasteiger partial charge in [-0.1, -0.05) is 29.8 Å². The van der Waals surface area contributed by atoms with Crippen molar-refractivity contribution in [1.29, 1.82) is 0 Å². The standard InChI is InChI=1S/C16H15NO/c1-11-3-5-12(6-4-11)15-10-17-16-8-7-13(18-2)9-14(15)16/h3-10,17H,1-2H3. The zero-order valence-corrected chi connectivity index (χ0v) is 10.5. The molecule has 0 aliphatic carbocycles. The van der Waals surface area contributed by atoms with Crippen molar-refractivity contribution in [3.63, 3.8) is 0 Å². The number of rotatable bonds is 2. The Hall–Kier alpha value is -2.22. The van der Waals surface area contributed by atoms with Gasteiger partial charge in [-0.05, 0) is 30.7 Å². The van der Waals surface area contributed by atoms with Crippen LogP contribution in [0.2, 0.25) is 0 Å². The molecule has 3 aromatic rings. The van der Waals surface area contributed by atoms with Crippen LogP contribution in [-0.4, -0.2) is 12.1 Å². The molecule has 0 atom stereocenters. The molecule has 0 aliphatic rings. The first kappa shape index (κ1) is 10.9. The zero-order valence-electron chi connectivity index (χ0n) is 10.5. The van der Waals surface area contributed by atoms with Crippen LogP contribution in [0.4, 0.5) is 0 Å². The van der Waals surface area contributed by atoms with Crippen molar-refractivity contribution >= 4 is 10.9 Å². The molecule has 90 valence electrons. The topological polar surface area (TPSA) is 25.0 Å². The van der Waals surface area contributed by atoms with Crippen LogP contribution in [0.15, 0.2) is 48.7 Å². The number of fused-ring (bicyclic) bond motifs is 1. The van der Waals surface area contributed by atoms with Gasteiger partial charge in [-0.25, -0.2) is 0 Å². The van der Waals surface area contributed by atoms with Crippen LogP contribution in [0.25, 0.3) is 22.0 Å². The van der Waals surface area contributed by atoms with E-state index >= 15 is 0 Å². The lowest BCUT2D eigenvalue weighted by Gasteiger charge is -2.02. The minimum absolute atomic E-state index is 0.885. The van der Waals surface area contributed by atoms with Crippen LogP contribution >= 0.6 is 0 Å². The van der Waals surface area contributed by atoms with Gasteiger partial charge >= 0.3 is 0 Å². The fourth-order valence-electron chi connectivity index (χ4n) is 2.20. The van der Waals surface area contributed by atoms with Crippen molar-refractivity contribution < 1.29 is 4.74 Å². The average Bonchev–Trinajstić information content (AvgIpc) is 2.82. The molecule has 2 aromatic carbocycles. The second kappa shape index (κ2) is 4.22. The quantitative estimate of drug-likeness (QED) is 0.711. The monoisotopic (exact) mass is 237 g/mol. The lowest BCUT2D eigenvalue weighted by Crippen LogP contribution is -1.82. The second-order valence-corrected chi connectivity index (χ2v) is 4.48. The maximum absolute atomic E-state index is 5.29. The molecule has 0 fully saturated rings. The number of aryl methyl sites for hydroxylation is 1. The summed E-state index contributed by atoms with van der Waals surface area (Å²) >= 11 is 0. The number of aromatic amines is 1. The van der Waals surface area contributed by atoms with Gasteiger partial charge in [0.15, 0.2) is 0 Å². The van der Waals surface area contributed by atoms with Crippen molar-refractivity contribution in [2.75, 3.05) is 7.11 Å². The molecule has 0 unspecified atom stereocenters. The SMILES string of the molecule is COc1ccc2[nH]cc(-c3ccc(C)cc3)c2c1. The Balaban J connectivity index is 2.19. The summed E-state index contributed by atoms with van der Waals surface area (Å²) in [5.41, 5.74) is 4.84. The van der Waals surface area contributed by atoms with E-state index in [9.17, 15) is 0 Å². The predicted octanol–water partition coefficient (Wildman–Crippen LogP) is 4.15. The van der Waals surface area contributed by atoms with Crippen LogP contribution in [0.3, 0.4) is 0 Å². The first-order valence-corrected chi connectivity index (χ1v) is 6.00. The van der Waals surface area contributed by atoms with Crippen LogP contribution in [0.1, 0.15) is 5.56 Å². The van der Waals surface area contributed by atoms with E-state index in [2.05, 4.69) is 48.4 Å². The number of nitrogens with one attached hydrogen (secondary N) is 1. The van der Waals surface area contributed by atoms with E-state index in [1.807, 2.05) is 12.1 Å². The minimum atomic E-state index is 0.885. The first-order valence-electron chi connectivity index (χ1n) is 6.00. The van der Waals surface area contributed by atoms with Crippen molar-refractivity contribution in [1.82, 2.24) is 4.98 Å². The van der Waals surface area contributed by atoms with Gasteiger partial charge in [0, 0.05) is 22.7 Å². The van der Waals surface area contributed by atoms with Crippen LogP contribution in [-0.2, 0) is 0 Å². The molecule has 2 heteroatoms. The summed E-state index contributed by atoms with van der Waals surface area (Å²) in [7, 11) is 1.69. The van der Waals surface area contributed by atoms with Gasteiger partial charge in [0.2, 0.25) is 0 Å². The Labute approximate surface area is 106 Å². The number of methoxy groups -OCH3 is 1. The molecule has 0 bridgehead atoms. The van der Waals surface area contributed by atoms with Gasteiger partial charge in [0.25, 0.3) is 0 Å². The Morgan fingerprint density at radius 1 is 1.00 bits per heavy atom. The van der Waals surface area contributed by atoms with E-state index in [4.69, 9.17) is 4.74 Å². The molecular formula is C16H15NO. The molecule has 0 saturated heterocycles. The van der Waals surface area contributed by atoms with E-state index in [1.165, 1.54) is 22.1 Å². The summed E-state index contributed by atoms with van der Waals surface area (Å²) < 4.78 is 5.29. The summed E-state index contributed by atoms with van der Waals surface area (Å²) in [6.07, 6.45) is 2.05. The van der Waals surface area contributed by atoms with Gasteiger partial charge in [0.1, 0.15) is 5.75 Å². The minimum Gasteiger partial charge on any atom is -0.497 e. The van der Waals surface area contributed by atoms with Crippen molar-refractivity contribution in [2.24, 2.45) is 0 Å². The molecule has 0 spiro atoms. The molecule has 2 nitrogen and oxygen atoms in total. The maximum Gasteiger partial charge on any atom is 0.119 e. The summed E-state index contributed by atoms with van der Waals surface area (Å²) in [6, 6.07) is 14.7. The molecular weight excluding hydrogens is 222 g/mol. The van der Waals surface area contributed by atoms with Gasteiger partial charge < -0.3 is 9.72 Å². The third-order valence-electron chi connectivity index (χ3n) is 3.25. The summed E-state index contributed by atoms with van der Waals surface area (Å²) in [5, 5.41) is 1.19. The van der Waals surface area contributed by atoms with Crippen molar-refractivity contribution in [3.05, 3.63) is 54.2 Å². The molecule has 0 amide bonds. The molecule has 0 saturated carbocycles. The Kier molecular flexibility index (Phi) is 2.56. The van der Waals surface area contributed by atoms with Crippen LogP contribution in [0, 0.1) is 6.92 Å². The Bertz CT molecular complexity index is 680. The highest BCUT2D eigenvalue weighted by Gasteiger charge is 2.06. The van der Waals surface area contributed by atoms with Gasteiger partial charge in [-0.15, -0.1) is 0 Å². The lowest BCUT2D eigenvalue weighted by atomic mass is 10.0. The smallest absolute Gasteiger partial charge is 0.119 e.